The maximum Gasteiger partial charge on any atom is 0.0636 e. The van der Waals surface area contributed by atoms with Crippen LogP contribution >= 0.6 is 15.8 Å². The molecule has 30 heavy (non-hydrogen) atoms. The molecule has 2 aromatic rings. The van der Waals surface area contributed by atoms with Gasteiger partial charge < -0.3 is 0 Å². The van der Waals surface area contributed by atoms with Crippen molar-refractivity contribution in [1.29, 1.82) is 0 Å². The maximum absolute atomic E-state index is 9.56. The van der Waals surface area contributed by atoms with E-state index in [0.29, 0.717) is 12.1 Å². The largest absolute Gasteiger partial charge is 0.0636 e. The molecule has 0 aliphatic carbocycles. The van der Waals surface area contributed by atoms with Gasteiger partial charge in [0.2, 0.25) is 0 Å². The lowest BCUT2D eigenvalue weighted by Gasteiger charge is -2.47. The normalized spacial score (nSPS) is 14.9. The first kappa shape index (κ1) is 22.5. The predicted molar refractivity (Wildman–Crippen MR) is 144 cm³/mol. The van der Waals surface area contributed by atoms with Gasteiger partial charge in [0.25, 0.3) is 0 Å². The molecule has 0 heterocycles. The minimum absolute atomic E-state index is 0.0635. The van der Waals surface area contributed by atoms with Crippen molar-refractivity contribution in [2.24, 2.45) is 0 Å². The second kappa shape index (κ2) is 8.68. The van der Waals surface area contributed by atoms with E-state index in [1.807, 2.05) is 24.3 Å². The zero-order valence-electron chi connectivity index (χ0n) is 23.4. The third-order valence-electron chi connectivity index (χ3n) is 5.05. The summed E-state index contributed by atoms with van der Waals surface area (Å²) in [5.41, 5.74) is 1.76. The molecule has 0 saturated carbocycles. The van der Waals surface area contributed by atoms with Gasteiger partial charge in [0.05, 0.1) is 2.74 Å². The third-order valence-corrected chi connectivity index (χ3v) is 12.2. The molecule has 0 saturated heterocycles. The van der Waals surface area contributed by atoms with Crippen molar-refractivity contribution < 1.29 is 2.74 Å². The average molecular weight is 445 g/mol. The van der Waals surface area contributed by atoms with Crippen molar-refractivity contribution in [3.63, 3.8) is 0 Å². The summed E-state index contributed by atoms with van der Waals surface area (Å²) in [6, 6.07) is 13.3. The highest BCUT2D eigenvalue weighted by Gasteiger charge is 2.42. The minimum atomic E-state index is -0.655. The van der Waals surface area contributed by atoms with Crippen molar-refractivity contribution in [1.82, 2.24) is 0 Å². The van der Waals surface area contributed by atoms with Gasteiger partial charge in [-0.1, -0.05) is 141 Å². The Morgan fingerprint density at radius 1 is 0.533 bits per heavy atom. The van der Waals surface area contributed by atoms with E-state index < -0.39 is 15.8 Å². The predicted octanol–water partition coefficient (Wildman–Crippen LogP) is 8.76. The van der Waals surface area contributed by atoms with E-state index in [0.717, 1.165) is 11.1 Å². The van der Waals surface area contributed by atoms with Gasteiger partial charge in [-0.2, -0.15) is 0 Å². The van der Waals surface area contributed by atoms with Crippen LogP contribution in [0, 0.1) is 0 Å². The van der Waals surface area contributed by atoms with Crippen molar-refractivity contribution in [2.75, 3.05) is 0 Å². The number of hydrogen-bond donors (Lipinski definition) is 0. The first-order valence-electron chi connectivity index (χ1n) is 12.1. The van der Waals surface area contributed by atoms with Crippen molar-refractivity contribution in [2.45, 2.75) is 104 Å². The van der Waals surface area contributed by atoms with E-state index in [4.69, 9.17) is 1.37 Å². The molecule has 166 valence electrons. The summed E-state index contributed by atoms with van der Waals surface area (Å²) in [6.07, 6.45) is 0. The maximum atomic E-state index is 9.56. The van der Waals surface area contributed by atoms with Crippen LogP contribution in [0.5, 0.6) is 0 Å². The lowest BCUT2D eigenvalue weighted by atomic mass is 10.1. The number of benzene rings is 2. The molecule has 0 aliphatic heterocycles. The summed E-state index contributed by atoms with van der Waals surface area (Å²) in [7, 11) is -1.20. The zero-order chi connectivity index (χ0) is 24.9. The fourth-order valence-electron chi connectivity index (χ4n) is 4.95. The summed E-state index contributed by atoms with van der Waals surface area (Å²) in [5, 5.41) is 3.03. The molecule has 0 aliphatic rings. The fraction of sp³-hybridized carbons (Fsp3) is 0.571. The Labute approximate surface area is 192 Å². The lowest BCUT2D eigenvalue weighted by molar-refractivity contribution is 0.711. The van der Waals surface area contributed by atoms with Gasteiger partial charge in [-0.05, 0) is 48.4 Å². The van der Waals surface area contributed by atoms with E-state index in [9.17, 15) is 1.37 Å². The van der Waals surface area contributed by atoms with Crippen LogP contribution in [-0.2, 0) is 0 Å². The Balaban J connectivity index is 3.05. The Hall–Kier alpha value is -0.700. The van der Waals surface area contributed by atoms with E-state index in [-0.39, 0.29) is 20.6 Å². The first-order valence-corrected chi connectivity index (χ1v) is 13.8. The van der Waals surface area contributed by atoms with Crippen LogP contribution < -0.4 is 10.6 Å². The molecular formula is C28H44P2. The lowest BCUT2D eigenvalue weighted by Crippen LogP contribution is -2.41. The Kier molecular flexibility index (Phi) is 6.51. The Morgan fingerprint density at radius 3 is 1.43 bits per heavy atom. The molecule has 0 fully saturated rings. The van der Waals surface area contributed by atoms with Gasteiger partial charge in [-0.3, -0.25) is 0 Å². The molecule has 0 aromatic heterocycles. The molecule has 0 atom stereocenters. The fourth-order valence-corrected chi connectivity index (χ4v) is 13.4. The number of hydrogen-bond acceptors (Lipinski definition) is 0. The quantitative estimate of drug-likeness (QED) is 0.415. The van der Waals surface area contributed by atoms with Gasteiger partial charge in [0, 0.05) is 0 Å². The molecule has 0 bridgehead atoms. The van der Waals surface area contributed by atoms with Crippen molar-refractivity contribution >= 4 is 26.5 Å². The van der Waals surface area contributed by atoms with E-state index in [1.165, 1.54) is 10.6 Å². The molecule has 2 aromatic carbocycles. The van der Waals surface area contributed by atoms with Gasteiger partial charge in [0.15, 0.2) is 0 Å². The number of rotatable bonds is 3. The van der Waals surface area contributed by atoms with Crippen LogP contribution in [0.25, 0.3) is 11.1 Å². The third kappa shape index (κ3) is 5.96. The van der Waals surface area contributed by atoms with Crippen LogP contribution in [0.4, 0.5) is 0 Å². The highest BCUT2D eigenvalue weighted by molar-refractivity contribution is 7.74. The van der Waals surface area contributed by atoms with Gasteiger partial charge in [0.1, 0.15) is 0 Å². The summed E-state index contributed by atoms with van der Waals surface area (Å²) in [5.74, 6) is 0. The molecular weight excluding hydrogens is 398 g/mol. The second-order valence-corrected chi connectivity index (χ2v) is 19.9. The molecule has 2 heteroatoms. The summed E-state index contributed by atoms with van der Waals surface area (Å²) >= 11 is 0. The SMILES string of the molecule is [2H]c1ccccc1-c1ccc(P(C(C)(C)C)C(C)(C)C)c(P(C(C)(C)C)C(C)(C)C)c1[2H]. The van der Waals surface area contributed by atoms with Gasteiger partial charge >= 0.3 is 0 Å². The van der Waals surface area contributed by atoms with Crippen LogP contribution in [0.15, 0.2) is 48.5 Å². The van der Waals surface area contributed by atoms with Crippen LogP contribution in [0.3, 0.4) is 0 Å². The van der Waals surface area contributed by atoms with Gasteiger partial charge in [-0.25, -0.2) is 0 Å². The van der Waals surface area contributed by atoms with Crippen molar-refractivity contribution in [3.05, 3.63) is 48.5 Å². The van der Waals surface area contributed by atoms with Crippen LogP contribution in [-0.4, -0.2) is 20.6 Å². The molecule has 0 radical (unpaired) electrons. The molecule has 0 amide bonds. The monoisotopic (exact) mass is 444 g/mol. The average Bonchev–Trinajstić information content (AvgIpc) is 2.54. The molecule has 2 rings (SSSR count). The minimum Gasteiger partial charge on any atom is -0.0636 e. The molecule has 0 spiro atoms. The standard InChI is InChI=1S/C28H44P2/c1-25(2,3)29(26(4,5)6)23-19-18-22(21-16-14-13-15-17-21)20-24(23)30(27(7,8)9)28(10,11)12/h13-20H,1-12H3/i16D,20D. The highest BCUT2D eigenvalue weighted by Crippen LogP contribution is 2.63. The van der Waals surface area contributed by atoms with Crippen LogP contribution in [0.2, 0.25) is 0 Å². The molecule has 0 nitrogen and oxygen atoms in total. The van der Waals surface area contributed by atoms with E-state index >= 15 is 0 Å². The Bertz CT molecular complexity index is 923. The molecule has 0 N–H and O–H groups in total. The topological polar surface area (TPSA) is 0 Å². The van der Waals surface area contributed by atoms with E-state index in [1.54, 1.807) is 0 Å². The van der Waals surface area contributed by atoms with E-state index in [2.05, 4.69) is 95.2 Å². The zero-order valence-corrected chi connectivity index (χ0v) is 23.1. The summed E-state index contributed by atoms with van der Waals surface area (Å²) in [6.45, 7) is 28.2. The van der Waals surface area contributed by atoms with Crippen LogP contribution in [0.1, 0.15) is 85.8 Å². The first-order chi connectivity index (χ1) is 14.3. The Morgan fingerprint density at radius 2 is 1.00 bits per heavy atom. The summed E-state index contributed by atoms with van der Waals surface area (Å²) < 4.78 is 18.0. The molecule has 0 unspecified atom stereocenters. The highest BCUT2D eigenvalue weighted by atomic mass is 31.1. The smallest absolute Gasteiger partial charge is 0.0636 e. The van der Waals surface area contributed by atoms with Crippen molar-refractivity contribution in [3.8, 4) is 11.1 Å². The summed E-state index contributed by atoms with van der Waals surface area (Å²) in [4.78, 5) is 0. The van der Waals surface area contributed by atoms with Gasteiger partial charge in [-0.15, -0.1) is 0 Å². The second-order valence-electron chi connectivity index (χ2n) is 12.2.